The van der Waals surface area contributed by atoms with Gasteiger partial charge in [0.25, 0.3) is 5.24 Å². The van der Waals surface area contributed by atoms with Gasteiger partial charge in [-0.15, -0.1) is 0 Å². The number of carbonyl (C=O) groups excluding carboxylic acids is 2. The SMILES string of the molecule is COc1ccc(/C=C2/SC(=O)N(CCCC(=O)OCCN(C)C)C2=S)cc1. The van der Waals surface area contributed by atoms with Crippen molar-refractivity contribution >= 4 is 46.3 Å². The lowest BCUT2D eigenvalue weighted by atomic mass is 10.2. The lowest BCUT2D eigenvalue weighted by molar-refractivity contribution is -0.144. The summed E-state index contributed by atoms with van der Waals surface area (Å²) >= 11 is 6.55. The van der Waals surface area contributed by atoms with E-state index < -0.39 is 0 Å². The number of hydrogen-bond donors (Lipinski definition) is 0. The highest BCUT2D eigenvalue weighted by Gasteiger charge is 2.31. The van der Waals surface area contributed by atoms with Gasteiger partial charge in [-0.2, -0.15) is 0 Å². The summed E-state index contributed by atoms with van der Waals surface area (Å²) in [7, 11) is 5.45. The molecule has 146 valence electrons. The maximum Gasteiger partial charge on any atom is 0.305 e. The molecule has 0 atom stereocenters. The smallest absolute Gasteiger partial charge is 0.305 e. The highest BCUT2D eigenvalue weighted by molar-refractivity contribution is 8.19. The molecular weight excluding hydrogens is 384 g/mol. The molecule has 0 radical (unpaired) electrons. The molecule has 0 aliphatic carbocycles. The molecule has 27 heavy (non-hydrogen) atoms. The number of likely N-dealkylation sites (N-methyl/N-ethyl adjacent to an activating group) is 1. The van der Waals surface area contributed by atoms with E-state index in [1.165, 1.54) is 0 Å². The van der Waals surface area contributed by atoms with E-state index in [1.54, 1.807) is 12.0 Å². The number of carbonyl (C=O) groups is 2. The van der Waals surface area contributed by atoms with Gasteiger partial charge in [0, 0.05) is 19.5 Å². The molecule has 1 aromatic carbocycles. The second kappa shape index (κ2) is 10.4. The molecule has 0 bridgehead atoms. The number of rotatable bonds is 9. The van der Waals surface area contributed by atoms with E-state index in [9.17, 15) is 9.59 Å². The molecule has 1 heterocycles. The fraction of sp³-hybridized carbons (Fsp3) is 0.421. The summed E-state index contributed by atoms with van der Waals surface area (Å²) in [4.78, 5) is 28.7. The fourth-order valence-electron chi connectivity index (χ4n) is 2.34. The predicted octanol–water partition coefficient (Wildman–Crippen LogP) is 3.42. The van der Waals surface area contributed by atoms with Crippen molar-refractivity contribution in [3.05, 3.63) is 34.7 Å². The maximum absolute atomic E-state index is 12.2. The van der Waals surface area contributed by atoms with Crippen LogP contribution in [0.2, 0.25) is 0 Å². The van der Waals surface area contributed by atoms with E-state index in [0.29, 0.717) is 31.1 Å². The summed E-state index contributed by atoms with van der Waals surface area (Å²) in [5, 5.41) is -0.110. The monoisotopic (exact) mass is 408 g/mol. The molecule has 0 spiro atoms. The normalized spacial score (nSPS) is 15.7. The van der Waals surface area contributed by atoms with Crippen molar-refractivity contribution < 1.29 is 19.1 Å². The van der Waals surface area contributed by atoms with Crippen molar-refractivity contribution in [3.8, 4) is 5.75 Å². The number of amides is 1. The first-order chi connectivity index (χ1) is 12.9. The van der Waals surface area contributed by atoms with Crippen molar-refractivity contribution in [3.63, 3.8) is 0 Å². The highest BCUT2D eigenvalue weighted by Crippen LogP contribution is 2.33. The largest absolute Gasteiger partial charge is 0.497 e. The van der Waals surface area contributed by atoms with Crippen molar-refractivity contribution in [2.24, 2.45) is 0 Å². The molecule has 1 fully saturated rings. The molecule has 8 heteroatoms. The Hall–Kier alpha value is -1.90. The fourth-order valence-corrected chi connectivity index (χ4v) is 3.63. The van der Waals surface area contributed by atoms with Gasteiger partial charge in [-0.05, 0) is 56.1 Å². The molecule has 1 aromatic rings. The van der Waals surface area contributed by atoms with Crippen molar-refractivity contribution in [1.29, 1.82) is 0 Å². The summed E-state index contributed by atoms with van der Waals surface area (Å²) in [6, 6.07) is 7.53. The minimum Gasteiger partial charge on any atom is -0.497 e. The number of nitrogens with zero attached hydrogens (tertiary/aromatic N) is 2. The molecule has 0 aromatic heterocycles. The second-order valence-corrected chi connectivity index (χ2v) is 7.61. The highest BCUT2D eigenvalue weighted by atomic mass is 32.2. The number of hydrogen-bond acceptors (Lipinski definition) is 7. The third-order valence-electron chi connectivity index (χ3n) is 3.85. The van der Waals surface area contributed by atoms with Gasteiger partial charge in [-0.3, -0.25) is 14.5 Å². The van der Waals surface area contributed by atoms with Crippen LogP contribution in [-0.2, 0) is 9.53 Å². The molecule has 0 unspecified atom stereocenters. The van der Waals surface area contributed by atoms with Crippen LogP contribution in [-0.4, -0.2) is 66.9 Å². The molecule has 0 saturated carbocycles. The summed E-state index contributed by atoms with van der Waals surface area (Å²) in [6.07, 6.45) is 2.67. The standard InChI is InChI=1S/C19H24N2O4S2/c1-20(2)11-12-25-17(22)5-4-10-21-18(26)16(27-19(21)23)13-14-6-8-15(24-3)9-7-14/h6-9,13H,4-5,10-12H2,1-3H3/b16-13+. The van der Waals surface area contributed by atoms with Crippen LogP contribution < -0.4 is 4.74 Å². The first kappa shape index (κ1) is 21.4. The Morgan fingerprint density at radius 3 is 2.63 bits per heavy atom. The second-order valence-electron chi connectivity index (χ2n) is 6.23. The number of thiocarbonyl (C=S) groups is 1. The van der Waals surface area contributed by atoms with Gasteiger partial charge in [-0.1, -0.05) is 24.4 Å². The Balaban J connectivity index is 1.84. The van der Waals surface area contributed by atoms with Gasteiger partial charge < -0.3 is 14.4 Å². The third-order valence-corrected chi connectivity index (χ3v) is 5.35. The summed E-state index contributed by atoms with van der Waals surface area (Å²) < 4.78 is 10.3. The molecule has 1 saturated heterocycles. The summed E-state index contributed by atoms with van der Waals surface area (Å²) in [6.45, 7) is 1.47. The topological polar surface area (TPSA) is 59.1 Å². The summed E-state index contributed by atoms with van der Waals surface area (Å²) in [5.41, 5.74) is 0.944. The van der Waals surface area contributed by atoms with Crippen LogP contribution in [0.5, 0.6) is 5.75 Å². The Morgan fingerprint density at radius 2 is 2.00 bits per heavy atom. The average Bonchev–Trinajstić information content (AvgIpc) is 2.89. The Morgan fingerprint density at radius 1 is 1.30 bits per heavy atom. The lowest BCUT2D eigenvalue weighted by Crippen LogP contribution is -2.28. The number of thioether (sulfide) groups is 1. The van der Waals surface area contributed by atoms with E-state index in [2.05, 4.69) is 0 Å². The maximum atomic E-state index is 12.2. The van der Waals surface area contributed by atoms with E-state index in [-0.39, 0.29) is 17.6 Å². The van der Waals surface area contributed by atoms with Crippen LogP contribution >= 0.6 is 24.0 Å². The van der Waals surface area contributed by atoms with Crippen LogP contribution in [0.3, 0.4) is 0 Å². The van der Waals surface area contributed by atoms with Crippen LogP contribution in [0.15, 0.2) is 29.2 Å². The van der Waals surface area contributed by atoms with Crippen LogP contribution in [0, 0.1) is 0 Å². The average molecular weight is 409 g/mol. The minimum absolute atomic E-state index is 0.110. The molecule has 2 rings (SSSR count). The number of methoxy groups -OCH3 is 1. The van der Waals surface area contributed by atoms with E-state index >= 15 is 0 Å². The molecule has 1 amide bonds. The zero-order valence-electron chi connectivity index (χ0n) is 15.8. The number of esters is 1. The third kappa shape index (κ3) is 6.64. The Kier molecular flexibility index (Phi) is 8.27. The van der Waals surface area contributed by atoms with Crippen molar-refractivity contribution in [2.45, 2.75) is 12.8 Å². The van der Waals surface area contributed by atoms with E-state index in [4.69, 9.17) is 21.7 Å². The van der Waals surface area contributed by atoms with Crippen LogP contribution in [0.4, 0.5) is 4.79 Å². The quantitative estimate of drug-likeness (QED) is 0.352. The van der Waals surface area contributed by atoms with Crippen molar-refractivity contribution in [1.82, 2.24) is 9.80 Å². The van der Waals surface area contributed by atoms with Crippen LogP contribution in [0.25, 0.3) is 6.08 Å². The predicted molar refractivity (Wildman–Crippen MR) is 112 cm³/mol. The van der Waals surface area contributed by atoms with Gasteiger partial charge in [0.05, 0.1) is 12.0 Å². The number of benzene rings is 1. The van der Waals surface area contributed by atoms with E-state index in [0.717, 1.165) is 28.0 Å². The van der Waals surface area contributed by atoms with Gasteiger partial charge in [-0.25, -0.2) is 0 Å². The zero-order chi connectivity index (χ0) is 19.8. The van der Waals surface area contributed by atoms with Gasteiger partial charge in [0.1, 0.15) is 17.3 Å². The van der Waals surface area contributed by atoms with Gasteiger partial charge >= 0.3 is 5.97 Å². The molecule has 0 N–H and O–H groups in total. The number of ether oxygens (including phenoxy) is 2. The lowest BCUT2D eigenvalue weighted by Gasteiger charge is -2.14. The zero-order valence-corrected chi connectivity index (χ0v) is 17.4. The molecular formula is C19H24N2O4S2. The Labute approximate surface area is 169 Å². The van der Waals surface area contributed by atoms with Crippen LogP contribution in [0.1, 0.15) is 18.4 Å². The summed E-state index contributed by atoms with van der Waals surface area (Å²) in [5.74, 6) is 0.519. The van der Waals surface area contributed by atoms with Crippen molar-refractivity contribution in [2.75, 3.05) is 40.9 Å². The van der Waals surface area contributed by atoms with Gasteiger partial charge in [0.15, 0.2) is 0 Å². The first-order valence-electron chi connectivity index (χ1n) is 8.60. The first-order valence-corrected chi connectivity index (χ1v) is 9.83. The Bertz CT molecular complexity index is 717. The molecule has 1 aliphatic heterocycles. The molecule has 6 nitrogen and oxygen atoms in total. The minimum atomic E-state index is -0.254. The molecule has 1 aliphatic rings. The van der Waals surface area contributed by atoms with Gasteiger partial charge in [0.2, 0.25) is 0 Å². The van der Waals surface area contributed by atoms with E-state index in [1.807, 2.05) is 49.3 Å².